The van der Waals surface area contributed by atoms with Crippen molar-refractivity contribution in [3.05, 3.63) is 38.9 Å². The summed E-state index contributed by atoms with van der Waals surface area (Å²) in [5, 5.41) is 13.2. The number of hydrogen-bond donors (Lipinski definition) is 2. The fourth-order valence-corrected chi connectivity index (χ4v) is 2.38. The first-order valence-corrected chi connectivity index (χ1v) is 6.34. The molecule has 2 heterocycles. The molecular weight excluding hydrogens is 278 g/mol. The molecule has 0 bridgehead atoms. The van der Waals surface area contributed by atoms with E-state index in [1.165, 1.54) is 16.9 Å². The molecule has 17 heavy (non-hydrogen) atoms. The molecule has 3 N–H and O–H groups in total. The van der Waals surface area contributed by atoms with E-state index < -0.39 is 5.97 Å². The van der Waals surface area contributed by atoms with Gasteiger partial charge in [0, 0.05) is 0 Å². The smallest absolute Gasteiger partial charge is 0.345 e. The van der Waals surface area contributed by atoms with Gasteiger partial charge in [-0.3, -0.25) is 0 Å². The summed E-state index contributed by atoms with van der Waals surface area (Å²) in [7, 11) is 0. The van der Waals surface area contributed by atoms with Crippen LogP contribution in [0.4, 0.5) is 5.00 Å². The largest absolute Gasteiger partial charge is 0.477 e. The Kier molecular flexibility index (Phi) is 6.87. The molecular formula is C11H14ClNO2S2. The maximum Gasteiger partial charge on any atom is 0.345 e. The van der Waals surface area contributed by atoms with Crippen molar-refractivity contribution in [3.63, 3.8) is 0 Å². The Morgan fingerprint density at radius 3 is 1.88 bits per heavy atom. The molecule has 0 saturated carbocycles. The van der Waals surface area contributed by atoms with Crippen LogP contribution < -0.4 is 5.73 Å². The first-order chi connectivity index (χ1) is 7.49. The molecule has 0 spiro atoms. The maximum atomic E-state index is 10.2. The third kappa shape index (κ3) is 5.72. The second-order valence-electron chi connectivity index (χ2n) is 3.32. The highest BCUT2D eigenvalue weighted by molar-refractivity contribution is 7.14. The molecule has 0 aliphatic rings. The lowest BCUT2D eigenvalue weighted by Crippen LogP contribution is -1.89. The lowest BCUT2D eigenvalue weighted by molar-refractivity contribution is 0.0702. The summed E-state index contributed by atoms with van der Waals surface area (Å²) in [6, 6.07) is 3.62. The number of nitrogen functional groups attached to an aromatic ring is 1. The van der Waals surface area contributed by atoms with E-state index in [0.717, 1.165) is 10.6 Å². The number of aromatic carboxylic acids is 1. The predicted molar refractivity (Wildman–Crippen MR) is 76.7 cm³/mol. The standard InChI is InChI=1S/C6H6O2S.C5H7NS.ClH/c1-4-2-5(6(7)8)9-3-4;1-4-2-5(6)7-3-4;/h2-3H,1H3,(H,7,8);2-3H,6H2,1H3;1H. The molecule has 0 saturated heterocycles. The van der Waals surface area contributed by atoms with Gasteiger partial charge in [0.1, 0.15) is 4.88 Å². The molecule has 2 aromatic heterocycles. The van der Waals surface area contributed by atoms with Crippen LogP contribution in [0.15, 0.2) is 22.9 Å². The number of halogens is 1. The van der Waals surface area contributed by atoms with Crippen LogP contribution in [0.1, 0.15) is 20.8 Å². The van der Waals surface area contributed by atoms with Crippen molar-refractivity contribution in [2.75, 3.05) is 5.73 Å². The Balaban J connectivity index is 0.000000292. The van der Waals surface area contributed by atoms with Crippen molar-refractivity contribution < 1.29 is 9.90 Å². The number of carboxylic acids is 1. The minimum atomic E-state index is -0.840. The van der Waals surface area contributed by atoms with Gasteiger partial charge in [-0.15, -0.1) is 35.1 Å². The van der Waals surface area contributed by atoms with Crippen LogP contribution in [-0.2, 0) is 0 Å². The number of aryl methyl sites for hydroxylation is 2. The molecule has 0 aliphatic carbocycles. The number of carboxylic acid groups (broad SMARTS) is 1. The number of anilines is 1. The molecule has 2 rings (SSSR count). The van der Waals surface area contributed by atoms with E-state index >= 15 is 0 Å². The average molecular weight is 292 g/mol. The molecule has 2 aromatic rings. The summed E-state index contributed by atoms with van der Waals surface area (Å²) in [6.07, 6.45) is 0. The second-order valence-corrected chi connectivity index (χ2v) is 5.17. The SMILES string of the molecule is Cc1csc(C(=O)O)c1.Cc1csc(N)c1.Cl. The minimum absolute atomic E-state index is 0. The van der Waals surface area contributed by atoms with Crippen molar-refractivity contribution in [1.82, 2.24) is 0 Å². The third-order valence-corrected chi connectivity index (χ3v) is 3.61. The van der Waals surface area contributed by atoms with Crippen molar-refractivity contribution in [2.45, 2.75) is 13.8 Å². The van der Waals surface area contributed by atoms with E-state index in [9.17, 15) is 4.79 Å². The van der Waals surface area contributed by atoms with Gasteiger partial charge in [0.05, 0.1) is 5.00 Å². The summed E-state index contributed by atoms with van der Waals surface area (Å²) in [4.78, 5) is 10.6. The van der Waals surface area contributed by atoms with Gasteiger partial charge in [0.15, 0.2) is 0 Å². The van der Waals surface area contributed by atoms with Gasteiger partial charge in [-0.25, -0.2) is 4.79 Å². The van der Waals surface area contributed by atoms with Gasteiger partial charge in [0.25, 0.3) is 0 Å². The quantitative estimate of drug-likeness (QED) is 0.839. The summed E-state index contributed by atoms with van der Waals surface area (Å²) in [6.45, 7) is 3.91. The van der Waals surface area contributed by atoms with Crippen LogP contribution in [0.25, 0.3) is 0 Å². The third-order valence-electron chi connectivity index (χ3n) is 1.69. The van der Waals surface area contributed by atoms with Crippen molar-refractivity contribution in [1.29, 1.82) is 0 Å². The predicted octanol–water partition coefficient (Wildman–Crippen LogP) is 3.82. The molecule has 0 radical (unpaired) electrons. The highest BCUT2D eigenvalue weighted by atomic mass is 35.5. The fraction of sp³-hybridized carbons (Fsp3) is 0.182. The van der Waals surface area contributed by atoms with Gasteiger partial charge in [-0.05, 0) is 47.9 Å². The van der Waals surface area contributed by atoms with Crippen molar-refractivity contribution >= 4 is 46.1 Å². The molecule has 0 amide bonds. The highest BCUT2D eigenvalue weighted by Gasteiger charge is 2.02. The Morgan fingerprint density at radius 1 is 1.18 bits per heavy atom. The number of thiophene rings is 2. The Hall–Kier alpha value is -1.04. The minimum Gasteiger partial charge on any atom is -0.477 e. The molecule has 0 fully saturated rings. The molecule has 0 atom stereocenters. The second kappa shape index (κ2) is 7.32. The maximum absolute atomic E-state index is 10.2. The van der Waals surface area contributed by atoms with Crippen LogP contribution in [0.5, 0.6) is 0 Å². The monoisotopic (exact) mass is 291 g/mol. The first-order valence-electron chi connectivity index (χ1n) is 4.58. The average Bonchev–Trinajstić information content (AvgIpc) is 2.76. The van der Waals surface area contributed by atoms with Crippen LogP contribution in [-0.4, -0.2) is 11.1 Å². The Morgan fingerprint density at radius 2 is 1.71 bits per heavy atom. The van der Waals surface area contributed by atoms with E-state index in [0.29, 0.717) is 4.88 Å². The number of carbonyl (C=O) groups is 1. The highest BCUT2D eigenvalue weighted by Crippen LogP contribution is 2.14. The summed E-state index contributed by atoms with van der Waals surface area (Å²) >= 11 is 2.84. The van der Waals surface area contributed by atoms with E-state index in [4.69, 9.17) is 10.8 Å². The number of rotatable bonds is 1. The molecule has 94 valence electrons. The van der Waals surface area contributed by atoms with E-state index in [1.54, 1.807) is 17.4 Å². The zero-order valence-electron chi connectivity index (χ0n) is 9.47. The summed E-state index contributed by atoms with van der Waals surface area (Å²) in [5.74, 6) is -0.840. The normalized spacial score (nSPS) is 8.82. The Bertz CT molecular complexity index is 463. The topological polar surface area (TPSA) is 63.3 Å². The summed E-state index contributed by atoms with van der Waals surface area (Å²) < 4.78 is 0. The number of nitrogens with two attached hydrogens (primary N) is 1. The van der Waals surface area contributed by atoms with Crippen LogP contribution in [0.2, 0.25) is 0 Å². The van der Waals surface area contributed by atoms with Gasteiger partial charge in [-0.2, -0.15) is 0 Å². The van der Waals surface area contributed by atoms with Gasteiger partial charge in [-0.1, -0.05) is 0 Å². The molecule has 6 heteroatoms. The molecule has 3 nitrogen and oxygen atoms in total. The van der Waals surface area contributed by atoms with Crippen LogP contribution >= 0.6 is 35.1 Å². The van der Waals surface area contributed by atoms with Crippen molar-refractivity contribution in [3.8, 4) is 0 Å². The van der Waals surface area contributed by atoms with Gasteiger partial charge in [0.2, 0.25) is 0 Å². The number of hydrogen-bond acceptors (Lipinski definition) is 4. The molecule has 0 unspecified atom stereocenters. The van der Waals surface area contributed by atoms with E-state index in [1.807, 2.05) is 30.7 Å². The fourth-order valence-electron chi connectivity index (χ4n) is 0.997. The molecule has 0 aromatic carbocycles. The van der Waals surface area contributed by atoms with E-state index in [-0.39, 0.29) is 12.4 Å². The molecule has 0 aliphatic heterocycles. The van der Waals surface area contributed by atoms with Crippen LogP contribution in [0.3, 0.4) is 0 Å². The summed E-state index contributed by atoms with van der Waals surface area (Å²) in [5.41, 5.74) is 7.66. The zero-order chi connectivity index (χ0) is 12.1. The zero-order valence-corrected chi connectivity index (χ0v) is 11.9. The van der Waals surface area contributed by atoms with Gasteiger partial charge >= 0.3 is 5.97 Å². The van der Waals surface area contributed by atoms with E-state index in [2.05, 4.69) is 0 Å². The van der Waals surface area contributed by atoms with Gasteiger partial charge < -0.3 is 10.8 Å². The lowest BCUT2D eigenvalue weighted by atomic mass is 10.3. The Labute approximate surface area is 114 Å². The lowest BCUT2D eigenvalue weighted by Gasteiger charge is -1.79. The van der Waals surface area contributed by atoms with Crippen molar-refractivity contribution in [2.24, 2.45) is 0 Å². The van der Waals surface area contributed by atoms with Crippen LogP contribution in [0, 0.1) is 13.8 Å². The first kappa shape index (κ1) is 16.0.